The first-order chi connectivity index (χ1) is 12.9. The Balaban J connectivity index is 1.66. The van der Waals surface area contributed by atoms with Gasteiger partial charge >= 0.3 is 0 Å². The molecule has 7 nitrogen and oxygen atoms in total. The Labute approximate surface area is 159 Å². The summed E-state index contributed by atoms with van der Waals surface area (Å²) in [5.74, 6) is 0.711. The largest absolute Gasteiger partial charge is 0.341 e. The van der Waals surface area contributed by atoms with Gasteiger partial charge in [-0.15, -0.1) is 0 Å². The number of likely N-dealkylation sites (tertiary alicyclic amines) is 1. The first-order valence-corrected chi connectivity index (χ1v) is 9.06. The monoisotopic (exact) mass is 367 g/mol. The molecule has 2 amide bonds. The van der Waals surface area contributed by atoms with Gasteiger partial charge in [0.25, 0.3) is 5.91 Å². The van der Waals surface area contributed by atoms with Crippen LogP contribution in [0.15, 0.2) is 36.5 Å². The Kier molecular flexibility index (Phi) is 5.81. The molecule has 0 radical (unpaired) electrons. The Hall–Kier alpha value is -2.80. The first kappa shape index (κ1) is 19.0. The molecule has 0 saturated carbocycles. The highest BCUT2D eigenvalue weighted by molar-refractivity contribution is 6.04. The molecule has 1 fully saturated rings. The van der Waals surface area contributed by atoms with Crippen LogP contribution in [0.3, 0.4) is 0 Å². The number of rotatable bonds is 5. The van der Waals surface area contributed by atoms with Crippen LogP contribution in [0.25, 0.3) is 0 Å². The van der Waals surface area contributed by atoms with Gasteiger partial charge in [0.1, 0.15) is 5.82 Å². The molecule has 2 aromatic rings. The molecule has 3 rings (SSSR count). The number of likely N-dealkylation sites (N-methyl/N-ethyl adjacent to an activating group) is 1. The molecule has 1 saturated heterocycles. The topological polar surface area (TPSA) is 78.4 Å². The maximum atomic E-state index is 12.5. The lowest BCUT2D eigenvalue weighted by Gasteiger charge is -2.19. The van der Waals surface area contributed by atoms with E-state index in [9.17, 15) is 9.59 Å². The lowest BCUT2D eigenvalue weighted by Crippen LogP contribution is -2.36. The Morgan fingerprint density at radius 3 is 2.67 bits per heavy atom. The maximum Gasteiger partial charge on any atom is 0.259 e. The van der Waals surface area contributed by atoms with Crippen LogP contribution in [-0.4, -0.2) is 65.3 Å². The van der Waals surface area contributed by atoms with Crippen LogP contribution in [0.1, 0.15) is 34.2 Å². The van der Waals surface area contributed by atoms with Crippen molar-refractivity contribution in [3.8, 4) is 0 Å². The number of benzene rings is 1. The molecule has 1 atom stereocenters. The maximum absolute atomic E-state index is 12.5. The fourth-order valence-electron chi connectivity index (χ4n) is 3.19. The number of hydrogen-bond acceptors (Lipinski definition) is 5. The molecule has 2 heterocycles. The predicted molar refractivity (Wildman–Crippen MR) is 104 cm³/mol. The van der Waals surface area contributed by atoms with E-state index in [-0.39, 0.29) is 17.7 Å². The molecule has 0 unspecified atom stereocenters. The molecule has 1 aliphatic rings. The predicted octanol–water partition coefficient (Wildman–Crippen LogP) is 1.91. The summed E-state index contributed by atoms with van der Waals surface area (Å²) in [6, 6.07) is 9.30. The Bertz CT molecular complexity index is 822. The van der Waals surface area contributed by atoms with Crippen molar-refractivity contribution < 1.29 is 9.59 Å². The molecular weight excluding hydrogens is 342 g/mol. The highest BCUT2D eigenvalue weighted by Crippen LogP contribution is 2.25. The standard InChI is InChI=1S/C20H25N5O2/c1-14-17(20(27)23-16-7-5-4-6-8-16)11-21-19(22-14)15-9-10-25(12-15)18(26)13-24(2)3/h4-8,11,15H,9-10,12-13H2,1-3H3,(H,23,27)/t15-/m1/s1. The molecule has 7 heteroatoms. The number of carbonyl (C=O) groups is 2. The van der Waals surface area contributed by atoms with Gasteiger partial charge in [0.05, 0.1) is 17.8 Å². The summed E-state index contributed by atoms with van der Waals surface area (Å²) in [4.78, 5) is 37.4. The molecule has 0 aliphatic carbocycles. The number of anilines is 1. The molecule has 142 valence electrons. The van der Waals surface area contributed by atoms with Crippen LogP contribution in [0.2, 0.25) is 0 Å². The van der Waals surface area contributed by atoms with Gasteiger partial charge in [0.15, 0.2) is 0 Å². The summed E-state index contributed by atoms with van der Waals surface area (Å²) in [7, 11) is 3.77. The van der Waals surface area contributed by atoms with Gasteiger partial charge in [0.2, 0.25) is 5.91 Å². The molecule has 1 aromatic heterocycles. The van der Waals surface area contributed by atoms with E-state index in [0.29, 0.717) is 30.2 Å². The van der Waals surface area contributed by atoms with E-state index in [4.69, 9.17) is 0 Å². The van der Waals surface area contributed by atoms with Crippen molar-refractivity contribution in [1.82, 2.24) is 19.8 Å². The molecule has 0 bridgehead atoms. The van der Waals surface area contributed by atoms with E-state index in [1.807, 2.05) is 61.2 Å². The summed E-state index contributed by atoms with van der Waals surface area (Å²) in [5.41, 5.74) is 1.84. The van der Waals surface area contributed by atoms with Crippen molar-refractivity contribution in [2.24, 2.45) is 0 Å². The average molecular weight is 367 g/mol. The second kappa shape index (κ2) is 8.26. The van der Waals surface area contributed by atoms with Gasteiger partial charge in [-0.25, -0.2) is 9.97 Å². The molecule has 27 heavy (non-hydrogen) atoms. The number of nitrogens with one attached hydrogen (secondary N) is 1. The second-order valence-corrected chi connectivity index (χ2v) is 7.11. The van der Waals surface area contributed by atoms with Crippen LogP contribution < -0.4 is 5.32 Å². The number of nitrogens with zero attached hydrogens (tertiary/aromatic N) is 4. The van der Waals surface area contributed by atoms with Crippen molar-refractivity contribution in [3.63, 3.8) is 0 Å². The van der Waals surface area contributed by atoms with Crippen molar-refractivity contribution in [3.05, 3.63) is 53.6 Å². The number of aromatic nitrogens is 2. The first-order valence-electron chi connectivity index (χ1n) is 9.06. The quantitative estimate of drug-likeness (QED) is 0.873. The van der Waals surface area contributed by atoms with Gasteiger partial charge in [-0.1, -0.05) is 18.2 Å². The van der Waals surface area contributed by atoms with E-state index in [0.717, 1.165) is 18.7 Å². The average Bonchev–Trinajstić information content (AvgIpc) is 3.12. The van der Waals surface area contributed by atoms with E-state index >= 15 is 0 Å². The normalized spacial score (nSPS) is 16.6. The van der Waals surface area contributed by atoms with E-state index in [2.05, 4.69) is 15.3 Å². The van der Waals surface area contributed by atoms with E-state index in [1.54, 1.807) is 6.20 Å². The summed E-state index contributed by atoms with van der Waals surface area (Å²) in [6.45, 7) is 3.57. The zero-order valence-corrected chi connectivity index (χ0v) is 16.0. The lowest BCUT2D eigenvalue weighted by atomic mass is 10.1. The number of hydrogen-bond donors (Lipinski definition) is 1. The SMILES string of the molecule is Cc1nc([C@@H]2CCN(C(=O)CN(C)C)C2)ncc1C(=O)Nc1ccccc1. The van der Waals surface area contributed by atoms with Gasteiger partial charge in [-0.2, -0.15) is 0 Å². The summed E-state index contributed by atoms with van der Waals surface area (Å²) >= 11 is 0. The summed E-state index contributed by atoms with van der Waals surface area (Å²) in [6.07, 6.45) is 2.43. The lowest BCUT2D eigenvalue weighted by molar-refractivity contribution is -0.130. The van der Waals surface area contributed by atoms with Gasteiger partial charge in [0, 0.05) is 30.9 Å². The van der Waals surface area contributed by atoms with Gasteiger partial charge in [-0.05, 0) is 39.6 Å². The molecular formula is C20H25N5O2. The third kappa shape index (κ3) is 4.68. The van der Waals surface area contributed by atoms with Crippen LogP contribution in [0.4, 0.5) is 5.69 Å². The molecule has 1 aromatic carbocycles. The fraction of sp³-hybridized carbons (Fsp3) is 0.400. The van der Waals surface area contributed by atoms with Crippen LogP contribution in [0, 0.1) is 6.92 Å². The third-order valence-electron chi connectivity index (χ3n) is 4.63. The van der Waals surface area contributed by atoms with E-state index in [1.165, 1.54) is 0 Å². The van der Waals surface area contributed by atoms with Gasteiger partial charge in [-0.3, -0.25) is 9.59 Å². The van der Waals surface area contributed by atoms with Crippen LogP contribution in [0.5, 0.6) is 0 Å². The number of amides is 2. The highest BCUT2D eigenvalue weighted by atomic mass is 16.2. The molecule has 1 N–H and O–H groups in total. The van der Waals surface area contributed by atoms with Crippen molar-refractivity contribution >= 4 is 17.5 Å². The highest BCUT2D eigenvalue weighted by Gasteiger charge is 2.29. The zero-order valence-electron chi connectivity index (χ0n) is 16.0. The minimum atomic E-state index is -0.223. The number of para-hydroxylation sites is 1. The smallest absolute Gasteiger partial charge is 0.259 e. The minimum absolute atomic E-state index is 0.112. The number of carbonyl (C=O) groups excluding carboxylic acids is 2. The van der Waals surface area contributed by atoms with Crippen LogP contribution in [-0.2, 0) is 4.79 Å². The molecule has 0 spiro atoms. The van der Waals surface area contributed by atoms with E-state index < -0.39 is 0 Å². The Morgan fingerprint density at radius 2 is 2.00 bits per heavy atom. The zero-order chi connectivity index (χ0) is 19.4. The number of aryl methyl sites for hydroxylation is 1. The minimum Gasteiger partial charge on any atom is -0.341 e. The summed E-state index contributed by atoms with van der Waals surface area (Å²) < 4.78 is 0. The van der Waals surface area contributed by atoms with Crippen molar-refractivity contribution in [2.75, 3.05) is 39.0 Å². The molecule has 1 aliphatic heterocycles. The third-order valence-corrected chi connectivity index (χ3v) is 4.63. The summed E-state index contributed by atoms with van der Waals surface area (Å²) in [5, 5.41) is 2.85. The van der Waals surface area contributed by atoms with Crippen molar-refractivity contribution in [1.29, 1.82) is 0 Å². The van der Waals surface area contributed by atoms with Crippen LogP contribution >= 0.6 is 0 Å². The Morgan fingerprint density at radius 1 is 1.26 bits per heavy atom. The second-order valence-electron chi connectivity index (χ2n) is 7.11. The van der Waals surface area contributed by atoms with Gasteiger partial charge < -0.3 is 15.1 Å². The van der Waals surface area contributed by atoms with Crippen molar-refractivity contribution in [2.45, 2.75) is 19.3 Å². The fourth-order valence-corrected chi connectivity index (χ4v) is 3.19.